The van der Waals surface area contributed by atoms with Crippen molar-refractivity contribution in [2.45, 2.75) is 82.8 Å². The minimum atomic E-state index is 1.01. The Morgan fingerprint density at radius 2 is 1.93 bits per heavy atom. The van der Waals surface area contributed by atoms with Crippen LogP contribution in [0.4, 0.5) is 0 Å². The van der Waals surface area contributed by atoms with Crippen LogP contribution in [0, 0.1) is 5.92 Å². The summed E-state index contributed by atoms with van der Waals surface area (Å²) < 4.78 is 0. The number of hydrogen-bond donors (Lipinski definition) is 0. The van der Waals surface area contributed by atoms with Gasteiger partial charge in [0.05, 0.1) is 0 Å². The molecule has 2 bridgehead atoms. The van der Waals surface area contributed by atoms with Gasteiger partial charge in [-0.25, -0.2) is 0 Å². The maximum atomic E-state index is 2.72. The molecule has 0 aromatic heterocycles. The highest BCUT2D eigenvalue weighted by atomic mass is 14.3. The fraction of sp³-hybridized carbons (Fsp3) is 1.00. The van der Waals surface area contributed by atoms with Crippen LogP contribution in [0.3, 0.4) is 0 Å². The van der Waals surface area contributed by atoms with Crippen LogP contribution in [-0.4, -0.2) is 7.28 Å². The molecule has 0 N–H and O–H groups in total. The molecule has 3 atom stereocenters. The lowest BCUT2D eigenvalue weighted by Gasteiger charge is -2.39. The van der Waals surface area contributed by atoms with Gasteiger partial charge in [-0.1, -0.05) is 82.8 Å². The maximum Gasteiger partial charge on any atom is 0.118 e. The third-order valence-corrected chi connectivity index (χ3v) is 4.57. The molecule has 0 spiro atoms. The van der Waals surface area contributed by atoms with Gasteiger partial charge in [0.1, 0.15) is 7.28 Å². The molecule has 0 aromatic carbocycles. The SMILES string of the molecule is CCCCCCC1CCC2[B]C1CCC2. The molecule has 2 aliphatic heterocycles. The molecule has 1 heteroatoms. The van der Waals surface area contributed by atoms with Crippen LogP contribution in [0.15, 0.2) is 0 Å². The van der Waals surface area contributed by atoms with Gasteiger partial charge < -0.3 is 0 Å². The largest absolute Gasteiger partial charge is 0.118 e. The molecule has 0 nitrogen and oxygen atoms in total. The van der Waals surface area contributed by atoms with Gasteiger partial charge in [0.25, 0.3) is 0 Å². The van der Waals surface area contributed by atoms with Gasteiger partial charge in [-0.05, 0) is 5.92 Å². The van der Waals surface area contributed by atoms with Crippen LogP contribution >= 0.6 is 0 Å². The molecule has 0 aromatic rings. The van der Waals surface area contributed by atoms with Crippen molar-refractivity contribution in [2.24, 2.45) is 5.92 Å². The van der Waals surface area contributed by atoms with E-state index in [4.69, 9.17) is 0 Å². The summed E-state index contributed by atoms with van der Waals surface area (Å²) in [4.78, 5) is 0. The van der Waals surface area contributed by atoms with Crippen molar-refractivity contribution in [1.82, 2.24) is 0 Å². The lowest BCUT2D eigenvalue weighted by atomic mass is 9.41. The van der Waals surface area contributed by atoms with Crippen LogP contribution < -0.4 is 0 Å². The second-order valence-corrected chi connectivity index (χ2v) is 5.73. The normalized spacial score (nSPS) is 34.9. The Morgan fingerprint density at radius 1 is 1.00 bits per heavy atom. The fourth-order valence-corrected chi connectivity index (χ4v) is 3.63. The van der Waals surface area contributed by atoms with Gasteiger partial charge in [-0.3, -0.25) is 0 Å². The fourth-order valence-electron chi connectivity index (χ4n) is 3.63. The van der Waals surface area contributed by atoms with Crippen LogP contribution in [0.2, 0.25) is 11.6 Å². The Labute approximate surface area is 96.5 Å². The molecule has 1 radical (unpaired) electrons. The van der Waals surface area contributed by atoms with E-state index in [0.717, 1.165) is 17.6 Å². The number of fused-ring (bicyclic) bond motifs is 2. The second kappa shape index (κ2) is 5.96. The topological polar surface area (TPSA) is 0 Å². The molecule has 0 amide bonds. The summed E-state index contributed by atoms with van der Waals surface area (Å²) in [7, 11) is 2.72. The highest BCUT2D eigenvalue weighted by Crippen LogP contribution is 2.46. The minimum absolute atomic E-state index is 1.01. The quantitative estimate of drug-likeness (QED) is 0.445. The van der Waals surface area contributed by atoms with Crippen molar-refractivity contribution < 1.29 is 0 Å². The second-order valence-electron chi connectivity index (χ2n) is 5.73. The van der Waals surface area contributed by atoms with Gasteiger partial charge in [0.15, 0.2) is 0 Å². The molecule has 85 valence electrons. The highest BCUT2D eigenvalue weighted by Gasteiger charge is 2.33. The minimum Gasteiger partial charge on any atom is -0.0686 e. The molecular formula is C14H26B. The summed E-state index contributed by atoms with van der Waals surface area (Å²) >= 11 is 0. The highest BCUT2D eigenvalue weighted by molar-refractivity contribution is 6.40. The van der Waals surface area contributed by atoms with Crippen molar-refractivity contribution in [1.29, 1.82) is 0 Å². The maximum absolute atomic E-state index is 2.72. The molecule has 15 heavy (non-hydrogen) atoms. The van der Waals surface area contributed by atoms with Crippen molar-refractivity contribution in [3.8, 4) is 0 Å². The molecule has 0 saturated carbocycles. The summed E-state index contributed by atoms with van der Waals surface area (Å²) in [6.45, 7) is 2.31. The molecule has 2 aliphatic rings. The smallest absolute Gasteiger partial charge is 0.0686 e. The third-order valence-electron chi connectivity index (χ3n) is 4.57. The van der Waals surface area contributed by atoms with Crippen molar-refractivity contribution in [3.05, 3.63) is 0 Å². The summed E-state index contributed by atoms with van der Waals surface area (Å²) in [5, 5.41) is 0. The zero-order valence-electron chi connectivity index (χ0n) is 10.4. The van der Waals surface area contributed by atoms with E-state index in [2.05, 4.69) is 14.2 Å². The van der Waals surface area contributed by atoms with E-state index in [9.17, 15) is 0 Å². The number of unbranched alkanes of at least 4 members (excludes halogenated alkanes) is 3. The van der Waals surface area contributed by atoms with Crippen molar-refractivity contribution >= 4 is 7.28 Å². The first-order valence-corrected chi connectivity index (χ1v) is 7.25. The van der Waals surface area contributed by atoms with Gasteiger partial charge in [-0.2, -0.15) is 0 Å². The van der Waals surface area contributed by atoms with Gasteiger partial charge in [0.2, 0.25) is 0 Å². The van der Waals surface area contributed by atoms with Crippen LogP contribution in [0.5, 0.6) is 0 Å². The van der Waals surface area contributed by atoms with E-state index in [-0.39, 0.29) is 0 Å². The van der Waals surface area contributed by atoms with Crippen molar-refractivity contribution in [2.75, 3.05) is 0 Å². The monoisotopic (exact) mass is 205 g/mol. The zero-order chi connectivity index (χ0) is 10.5. The van der Waals surface area contributed by atoms with Crippen LogP contribution in [0.25, 0.3) is 0 Å². The average Bonchev–Trinajstić information content (AvgIpc) is 2.28. The summed E-state index contributed by atoms with van der Waals surface area (Å²) in [6.07, 6.45) is 14.9. The molecule has 2 saturated heterocycles. The van der Waals surface area contributed by atoms with E-state index in [1.165, 1.54) is 64.2 Å². The lowest BCUT2D eigenvalue weighted by molar-refractivity contribution is 0.316. The molecule has 2 rings (SSSR count). The van der Waals surface area contributed by atoms with E-state index in [0.29, 0.717) is 0 Å². The first kappa shape index (κ1) is 11.5. The first-order chi connectivity index (χ1) is 7.40. The standard InChI is InChI=1S/C14H26B/c1-2-3-4-5-7-12-10-11-13-8-6-9-14(12)15-13/h12-14H,2-11H2,1H3. The molecule has 2 fully saturated rings. The Balaban J connectivity index is 1.68. The van der Waals surface area contributed by atoms with Gasteiger partial charge in [0, 0.05) is 0 Å². The Bertz CT molecular complexity index is 178. The zero-order valence-corrected chi connectivity index (χ0v) is 10.4. The Morgan fingerprint density at radius 3 is 2.80 bits per heavy atom. The van der Waals surface area contributed by atoms with Gasteiger partial charge in [-0.15, -0.1) is 0 Å². The van der Waals surface area contributed by atoms with Gasteiger partial charge >= 0.3 is 0 Å². The molecule has 0 aliphatic carbocycles. The van der Waals surface area contributed by atoms with E-state index in [1.807, 2.05) is 0 Å². The summed E-state index contributed by atoms with van der Waals surface area (Å²) in [6, 6.07) is 0. The van der Waals surface area contributed by atoms with E-state index in [1.54, 1.807) is 0 Å². The number of rotatable bonds is 5. The first-order valence-electron chi connectivity index (χ1n) is 7.25. The van der Waals surface area contributed by atoms with E-state index >= 15 is 0 Å². The van der Waals surface area contributed by atoms with Crippen LogP contribution in [-0.2, 0) is 0 Å². The predicted molar refractivity (Wildman–Crippen MR) is 68.6 cm³/mol. The predicted octanol–water partition coefficient (Wildman–Crippen LogP) is 4.83. The summed E-state index contributed by atoms with van der Waals surface area (Å²) in [5.74, 6) is 3.09. The summed E-state index contributed by atoms with van der Waals surface area (Å²) in [5.41, 5.74) is 0. The third kappa shape index (κ3) is 3.26. The van der Waals surface area contributed by atoms with Crippen LogP contribution in [0.1, 0.15) is 71.1 Å². The number of hydrogen-bond acceptors (Lipinski definition) is 0. The average molecular weight is 205 g/mol. The Hall–Kier alpha value is 0.0649. The Kier molecular flexibility index (Phi) is 4.59. The van der Waals surface area contributed by atoms with E-state index < -0.39 is 0 Å². The van der Waals surface area contributed by atoms with Crippen molar-refractivity contribution in [3.63, 3.8) is 0 Å². The lowest BCUT2D eigenvalue weighted by Crippen LogP contribution is -2.29. The molecular weight excluding hydrogens is 179 g/mol. The molecule has 3 unspecified atom stereocenters. The molecule has 2 heterocycles.